The summed E-state index contributed by atoms with van der Waals surface area (Å²) in [6.07, 6.45) is 3.91. The van der Waals surface area contributed by atoms with Gasteiger partial charge in [-0.2, -0.15) is 4.98 Å². The van der Waals surface area contributed by atoms with Crippen molar-refractivity contribution in [1.82, 2.24) is 15.0 Å². The van der Waals surface area contributed by atoms with Gasteiger partial charge in [0.1, 0.15) is 12.4 Å². The Labute approximate surface area is 157 Å². The number of aryl methyl sites for hydroxylation is 1. The molecule has 6 heteroatoms. The molecule has 0 aliphatic rings. The van der Waals surface area contributed by atoms with E-state index in [4.69, 9.17) is 4.74 Å². The van der Waals surface area contributed by atoms with Crippen LogP contribution in [0.1, 0.15) is 36.4 Å². The summed E-state index contributed by atoms with van der Waals surface area (Å²) < 4.78 is 5.41. The van der Waals surface area contributed by atoms with Crippen LogP contribution in [0.5, 0.6) is 5.88 Å². The molecule has 27 heavy (non-hydrogen) atoms. The number of nitrogens with zero attached hydrogens (tertiary/aromatic N) is 2. The Kier molecular flexibility index (Phi) is 5.66. The van der Waals surface area contributed by atoms with Gasteiger partial charge in [-0.3, -0.25) is 9.78 Å². The number of aromatic amines is 1. The van der Waals surface area contributed by atoms with E-state index in [0.29, 0.717) is 12.2 Å². The molecule has 0 saturated carbocycles. The fraction of sp³-hybridized carbons (Fsp3) is 0.286. The average Bonchev–Trinajstić information content (AvgIpc) is 2.64. The van der Waals surface area contributed by atoms with E-state index in [-0.39, 0.29) is 29.7 Å². The highest BCUT2D eigenvalue weighted by Gasteiger charge is 2.12. The van der Waals surface area contributed by atoms with Gasteiger partial charge in [0.25, 0.3) is 5.56 Å². The Balaban J connectivity index is 1.79. The molecule has 0 spiro atoms. The molecule has 1 aromatic carbocycles. The van der Waals surface area contributed by atoms with Gasteiger partial charge in [0, 0.05) is 18.8 Å². The van der Waals surface area contributed by atoms with Crippen LogP contribution in [0.3, 0.4) is 0 Å². The van der Waals surface area contributed by atoms with Gasteiger partial charge >= 0.3 is 0 Å². The number of aromatic nitrogens is 3. The topological polar surface area (TPSA) is 88.1 Å². The first-order valence-corrected chi connectivity index (χ1v) is 8.86. The second kappa shape index (κ2) is 8.14. The minimum absolute atomic E-state index is 0.0136. The lowest BCUT2D eigenvalue weighted by molar-refractivity contribution is 0.0607. The summed E-state index contributed by atoms with van der Waals surface area (Å²) in [6.45, 7) is 5.96. The number of aromatic hydroxyl groups is 1. The normalized spacial score (nSPS) is 11.1. The third kappa shape index (κ3) is 4.60. The number of hydrogen-bond donors (Lipinski definition) is 2. The van der Waals surface area contributed by atoms with E-state index in [2.05, 4.69) is 15.0 Å². The van der Waals surface area contributed by atoms with Crippen LogP contribution in [-0.4, -0.2) is 26.2 Å². The Morgan fingerprint density at radius 1 is 1.19 bits per heavy atom. The lowest BCUT2D eigenvalue weighted by atomic mass is 9.99. The van der Waals surface area contributed by atoms with Gasteiger partial charge in [-0.25, -0.2) is 0 Å². The highest BCUT2D eigenvalue weighted by molar-refractivity contribution is 5.66. The van der Waals surface area contributed by atoms with Gasteiger partial charge in [0.15, 0.2) is 0 Å². The van der Waals surface area contributed by atoms with Gasteiger partial charge in [0.05, 0.1) is 11.7 Å². The SMILES string of the molecule is Cc1cnccc1-c1ccc(Cc2c(O)nc(COC(C)C)[nH]c2=O)cc1. The number of ether oxygens (including phenoxy) is 1. The summed E-state index contributed by atoms with van der Waals surface area (Å²) in [5, 5.41) is 10.2. The second-order valence-electron chi connectivity index (χ2n) is 6.74. The molecular formula is C21H23N3O3. The molecule has 0 aliphatic carbocycles. The Hall–Kier alpha value is -2.99. The molecule has 2 aromatic heterocycles. The predicted octanol–water partition coefficient (Wildman–Crippen LogP) is 3.36. The summed E-state index contributed by atoms with van der Waals surface area (Å²) >= 11 is 0. The van der Waals surface area contributed by atoms with Crippen molar-refractivity contribution in [1.29, 1.82) is 0 Å². The minimum Gasteiger partial charge on any atom is -0.493 e. The first-order valence-electron chi connectivity index (χ1n) is 8.86. The number of benzene rings is 1. The third-order valence-corrected chi connectivity index (χ3v) is 4.26. The molecule has 0 bridgehead atoms. The predicted molar refractivity (Wildman–Crippen MR) is 104 cm³/mol. The van der Waals surface area contributed by atoms with Crippen molar-refractivity contribution in [2.45, 2.75) is 39.9 Å². The van der Waals surface area contributed by atoms with Crippen LogP contribution in [0.25, 0.3) is 11.1 Å². The van der Waals surface area contributed by atoms with Gasteiger partial charge in [-0.05, 0) is 49.1 Å². The monoisotopic (exact) mass is 365 g/mol. The maximum Gasteiger partial charge on any atom is 0.258 e. The molecule has 0 amide bonds. The fourth-order valence-electron chi connectivity index (χ4n) is 2.81. The van der Waals surface area contributed by atoms with E-state index >= 15 is 0 Å². The molecule has 3 aromatic rings. The summed E-state index contributed by atoms with van der Waals surface area (Å²) in [5.74, 6) is 0.0635. The molecule has 0 unspecified atom stereocenters. The van der Waals surface area contributed by atoms with Crippen LogP contribution in [0.2, 0.25) is 0 Å². The van der Waals surface area contributed by atoms with Crippen molar-refractivity contribution < 1.29 is 9.84 Å². The van der Waals surface area contributed by atoms with Crippen molar-refractivity contribution in [3.05, 3.63) is 75.6 Å². The maximum absolute atomic E-state index is 12.3. The number of nitrogens with one attached hydrogen (secondary N) is 1. The molecule has 0 atom stereocenters. The van der Waals surface area contributed by atoms with Crippen molar-refractivity contribution in [3.63, 3.8) is 0 Å². The van der Waals surface area contributed by atoms with Crippen molar-refractivity contribution in [2.75, 3.05) is 0 Å². The molecule has 2 heterocycles. The van der Waals surface area contributed by atoms with E-state index in [0.717, 1.165) is 22.3 Å². The summed E-state index contributed by atoms with van der Waals surface area (Å²) in [7, 11) is 0. The van der Waals surface area contributed by atoms with Crippen LogP contribution in [-0.2, 0) is 17.8 Å². The molecule has 0 radical (unpaired) electrons. The summed E-state index contributed by atoms with van der Waals surface area (Å²) in [6, 6.07) is 9.87. The van der Waals surface area contributed by atoms with Crippen LogP contribution in [0.15, 0.2) is 47.5 Å². The standard InChI is InChI=1S/C21H23N3O3/c1-13(2)27-12-19-23-20(25)18(21(26)24-19)10-15-4-6-16(7-5-15)17-8-9-22-11-14(17)3/h4-9,11,13H,10,12H2,1-3H3,(H2,23,24,25,26). The molecule has 140 valence electrons. The van der Waals surface area contributed by atoms with Gasteiger partial charge in [0.2, 0.25) is 5.88 Å². The second-order valence-corrected chi connectivity index (χ2v) is 6.74. The quantitative estimate of drug-likeness (QED) is 0.699. The number of pyridine rings is 1. The van der Waals surface area contributed by atoms with Gasteiger partial charge in [-0.15, -0.1) is 0 Å². The maximum atomic E-state index is 12.3. The first kappa shape index (κ1) is 18.8. The lowest BCUT2D eigenvalue weighted by Crippen LogP contribution is -2.18. The minimum atomic E-state index is -0.348. The zero-order valence-corrected chi connectivity index (χ0v) is 15.7. The molecule has 0 fully saturated rings. The lowest BCUT2D eigenvalue weighted by Gasteiger charge is -2.09. The van der Waals surface area contributed by atoms with Crippen LogP contribution in [0, 0.1) is 6.92 Å². The van der Waals surface area contributed by atoms with Crippen molar-refractivity contribution in [2.24, 2.45) is 0 Å². The van der Waals surface area contributed by atoms with Gasteiger partial charge < -0.3 is 14.8 Å². The van der Waals surface area contributed by atoms with Crippen LogP contribution >= 0.6 is 0 Å². The smallest absolute Gasteiger partial charge is 0.258 e. The van der Waals surface area contributed by atoms with Crippen LogP contribution in [0.4, 0.5) is 0 Å². The zero-order chi connectivity index (χ0) is 19.4. The Morgan fingerprint density at radius 2 is 1.93 bits per heavy atom. The van der Waals surface area contributed by atoms with Gasteiger partial charge in [-0.1, -0.05) is 24.3 Å². The van der Waals surface area contributed by atoms with Crippen molar-refractivity contribution in [3.8, 4) is 17.0 Å². The molecule has 3 rings (SSSR count). The highest BCUT2D eigenvalue weighted by Crippen LogP contribution is 2.23. The number of H-pyrrole nitrogens is 1. The largest absolute Gasteiger partial charge is 0.493 e. The first-order chi connectivity index (χ1) is 12.9. The van der Waals surface area contributed by atoms with E-state index < -0.39 is 0 Å². The van der Waals surface area contributed by atoms with E-state index in [1.54, 1.807) is 6.20 Å². The molecule has 2 N–H and O–H groups in total. The molecular weight excluding hydrogens is 342 g/mol. The van der Waals surface area contributed by atoms with E-state index in [1.807, 2.05) is 57.3 Å². The summed E-state index contributed by atoms with van der Waals surface area (Å²) in [4.78, 5) is 23.2. The van der Waals surface area contributed by atoms with Crippen molar-refractivity contribution >= 4 is 0 Å². The average molecular weight is 365 g/mol. The van der Waals surface area contributed by atoms with E-state index in [9.17, 15) is 9.90 Å². The molecule has 6 nitrogen and oxygen atoms in total. The zero-order valence-electron chi connectivity index (χ0n) is 15.7. The third-order valence-electron chi connectivity index (χ3n) is 4.26. The highest BCUT2D eigenvalue weighted by atomic mass is 16.5. The molecule has 0 aliphatic heterocycles. The fourth-order valence-corrected chi connectivity index (χ4v) is 2.81. The Bertz CT molecular complexity index is 979. The van der Waals surface area contributed by atoms with Crippen LogP contribution < -0.4 is 5.56 Å². The summed E-state index contributed by atoms with van der Waals surface area (Å²) in [5.41, 5.74) is 4.11. The number of rotatable bonds is 6. The molecule has 0 saturated heterocycles. The number of hydrogen-bond acceptors (Lipinski definition) is 5. The Morgan fingerprint density at radius 3 is 2.56 bits per heavy atom. The van der Waals surface area contributed by atoms with E-state index in [1.165, 1.54) is 0 Å².